The lowest BCUT2D eigenvalue weighted by atomic mass is 9.81. The number of Topliss-reactive ketones (excluding diaryl/α,β-unsaturated/α-hetero) is 1. The highest BCUT2D eigenvalue weighted by Gasteiger charge is 2.61. The summed E-state index contributed by atoms with van der Waals surface area (Å²) in [5.74, 6) is 0.356. The number of nitrogens with zero attached hydrogens (tertiary/aromatic N) is 1. The van der Waals surface area contributed by atoms with Gasteiger partial charge in [0.2, 0.25) is 11.8 Å². The number of ketones is 1. The Labute approximate surface area is 163 Å². The Morgan fingerprint density at radius 2 is 1.50 bits per heavy atom. The van der Waals surface area contributed by atoms with Crippen molar-refractivity contribution in [3.63, 3.8) is 0 Å². The van der Waals surface area contributed by atoms with Crippen molar-refractivity contribution in [1.29, 1.82) is 0 Å². The maximum Gasteiger partial charge on any atom is 0.238 e. The monoisotopic (exact) mass is 375 g/mol. The van der Waals surface area contributed by atoms with E-state index in [1.54, 1.807) is 48.5 Å². The van der Waals surface area contributed by atoms with Gasteiger partial charge in [-0.2, -0.15) is 0 Å². The number of amides is 2. The minimum atomic E-state index is -0.176. The summed E-state index contributed by atoms with van der Waals surface area (Å²) in [5, 5.41) is 0. The van der Waals surface area contributed by atoms with Gasteiger partial charge in [0.1, 0.15) is 5.75 Å². The number of hydrogen-bond acceptors (Lipinski definition) is 4. The number of anilines is 1. The van der Waals surface area contributed by atoms with Gasteiger partial charge in [-0.05, 0) is 43.2 Å². The SMILES string of the molecule is O=C(COc1ccccc1N1C(=O)[C@@H]2[C@@H]3CC[C@@H](C3)[C@@H]2C1=O)c1ccccc1. The van der Waals surface area contributed by atoms with Gasteiger partial charge in [-0.15, -0.1) is 0 Å². The third-order valence-electron chi connectivity index (χ3n) is 6.49. The van der Waals surface area contributed by atoms with E-state index in [0.29, 0.717) is 28.8 Å². The molecule has 0 unspecified atom stereocenters. The van der Waals surface area contributed by atoms with Crippen LogP contribution < -0.4 is 9.64 Å². The molecule has 3 aliphatic rings. The van der Waals surface area contributed by atoms with Crippen molar-refractivity contribution in [1.82, 2.24) is 0 Å². The fourth-order valence-corrected chi connectivity index (χ4v) is 5.26. The van der Waals surface area contributed by atoms with Crippen LogP contribution in [0.1, 0.15) is 29.6 Å². The summed E-state index contributed by atoms with van der Waals surface area (Å²) in [6, 6.07) is 15.9. The van der Waals surface area contributed by atoms with Crippen molar-refractivity contribution in [2.45, 2.75) is 19.3 Å². The van der Waals surface area contributed by atoms with Crippen molar-refractivity contribution in [3.05, 3.63) is 60.2 Å². The first-order valence-corrected chi connectivity index (χ1v) is 9.83. The molecule has 1 saturated heterocycles. The topological polar surface area (TPSA) is 63.7 Å². The molecule has 2 aromatic carbocycles. The first kappa shape index (κ1) is 17.2. The lowest BCUT2D eigenvalue weighted by molar-refractivity contribution is -0.123. The summed E-state index contributed by atoms with van der Waals surface area (Å²) < 4.78 is 5.76. The average molecular weight is 375 g/mol. The summed E-state index contributed by atoms with van der Waals surface area (Å²) in [4.78, 5) is 39.8. The summed E-state index contributed by atoms with van der Waals surface area (Å²) in [6.07, 6.45) is 3.09. The van der Waals surface area contributed by atoms with Gasteiger partial charge in [0.15, 0.2) is 12.4 Å². The van der Waals surface area contributed by atoms with Crippen molar-refractivity contribution < 1.29 is 19.1 Å². The van der Waals surface area contributed by atoms with Crippen LogP contribution in [-0.4, -0.2) is 24.2 Å². The summed E-state index contributed by atoms with van der Waals surface area (Å²) in [5.41, 5.74) is 1.02. The van der Waals surface area contributed by atoms with Crippen LogP contribution >= 0.6 is 0 Å². The fourth-order valence-electron chi connectivity index (χ4n) is 5.26. The molecule has 1 aliphatic heterocycles. The van der Waals surface area contributed by atoms with Crippen LogP contribution in [0.3, 0.4) is 0 Å². The molecule has 0 aromatic heterocycles. The predicted molar refractivity (Wildman–Crippen MR) is 103 cm³/mol. The van der Waals surface area contributed by atoms with Gasteiger partial charge in [0, 0.05) is 5.56 Å². The molecule has 0 radical (unpaired) electrons. The fraction of sp³-hybridized carbons (Fsp3) is 0.348. The van der Waals surface area contributed by atoms with Gasteiger partial charge in [-0.1, -0.05) is 42.5 Å². The largest absolute Gasteiger partial charge is 0.483 e. The summed E-state index contributed by atoms with van der Waals surface area (Å²) >= 11 is 0. The number of carbonyl (C=O) groups is 3. The highest BCUT2D eigenvalue weighted by molar-refractivity contribution is 6.23. The first-order valence-electron chi connectivity index (χ1n) is 9.83. The first-order chi connectivity index (χ1) is 13.6. The lowest BCUT2D eigenvalue weighted by Gasteiger charge is -2.20. The van der Waals surface area contributed by atoms with E-state index in [1.165, 1.54) is 4.90 Å². The standard InChI is InChI=1S/C23H21NO4/c25-18(14-6-2-1-3-7-14)13-28-19-9-5-4-8-17(19)24-22(26)20-15-10-11-16(12-15)21(20)23(24)27/h1-9,15-16,20-21H,10-13H2/t15-,16+,20-,21+. The van der Waals surface area contributed by atoms with Gasteiger partial charge in [0.25, 0.3) is 0 Å². The molecule has 2 aliphatic carbocycles. The molecule has 4 atom stereocenters. The number of fused-ring (bicyclic) bond motifs is 5. The van der Waals surface area contributed by atoms with Crippen LogP contribution in [0.4, 0.5) is 5.69 Å². The maximum atomic E-state index is 13.1. The van der Waals surface area contributed by atoms with Crippen molar-refractivity contribution in [2.75, 3.05) is 11.5 Å². The molecule has 2 bridgehead atoms. The van der Waals surface area contributed by atoms with Crippen molar-refractivity contribution >= 4 is 23.3 Å². The Morgan fingerprint density at radius 3 is 2.18 bits per heavy atom. The summed E-state index contributed by atoms with van der Waals surface area (Å²) in [7, 11) is 0. The van der Waals surface area contributed by atoms with E-state index in [4.69, 9.17) is 4.74 Å². The van der Waals surface area contributed by atoms with E-state index in [1.807, 2.05) is 6.07 Å². The number of imide groups is 1. The molecule has 28 heavy (non-hydrogen) atoms. The minimum Gasteiger partial charge on any atom is -0.483 e. The van der Waals surface area contributed by atoms with Gasteiger partial charge in [-0.25, -0.2) is 4.90 Å². The Kier molecular flexibility index (Phi) is 4.04. The zero-order chi connectivity index (χ0) is 19.3. The summed E-state index contributed by atoms with van der Waals surface area (Å²) in [6.45, 7) is -0.143. The van der Waals surface area contributed by atoms with Gasteiger partial charge in [0.05, 0.1) is 17.5 Å². The molecule has 5 heteroatoms. The van der Waals surface area contributed by atoms with Gasteiger partial charge in [-0.3, -0.25) is 14.4 Å². The van der Waals surface area contributed by atoms with Crippen LogP contribution in [0, 0.1) is 23.7 Å². The number of ether oxygens (including phenoxy) is 1. The molecule has 2 aromatic rings. The molecule has 1 heterocycles. The second-order valence-corrected chi connectivity index (χ2v) is 7.94. The third kappa shape index (κ3) is 2.57. The third-order valence-corrected chi connectivity index (χ3v) is 6.49. The zero-order valence-corrected chi connectivity index (χ0v) is 15.4. The van der Waals surface area contributed by atoms with Gasteiger partial charge >= 0.3 is 0 Å². The Hall–Kier alpha value is -2.95. The zero-order valence-electron chi connectivity index (χ0n) is 15.4. The lowest BCUT2D eigenvalue weighted by Crippen LogP contribution is -2.33. The van der Waals surface area contributed by atoms with Crippen molar-refractivity contribution in [3.8, 4) is 5.75 Å². The van der Waals surface area contributed by atoms with Crippen LogP contribution in [0.2, 0.25) is 0 Å². The predicted octanol–water partition coefficient (Wildman–Crippen LogP) is 3.48. The molecule has 142 valence electrons. The highest BCUT2D eigenvalue weighted by atomic mass is 16.5. The maximum absolute atomic E-state index is 13.1. The Bertz CT molecular complexity index is 926. The molecule has 5 nitrogen and oxygen atoms in total. The van der Waals surface area contributed by atoms with Crippen LogP contribution in [0.25, 0.3) is 0 Å². The van der Waals surface area contributed by atoms with Crippen molar-refractivity contribution in [2.24, 2.45) is 23.7 Å². The number of hydrogen-bond donors (Lipinski definition) is 0. The van der Waals surface area contributed by atoms with E-state index >= 15 is 0 Å². The number of carbonyl (C=O) groups excluding carboxylic acids is 3. The van der Waals surface area contributed by atoms with Crippen LogP contribution in [-0.2, 0) is 9.59 Å². The van der Waals surface area contributed by atoms with E-state index < -0.39 is 0 Å². The second-order valence-electron chi connectivity index (χ2n) is 7.94. The van der Waals surface area contributed by atoms with E-state index in [-0.39, 0.29) is 36.0 Å². The number of para-hydroxylation sites is 2. The Balaban J connectivity index is 1.39. The smallest absolute Gasteiger partial charge is 0.238 e. The average Bonchev–Trinajstić information content (AvgIpc) is 3.41. The molecule has 2 amide bonds. The Morgan fingerprint density at radius 1 is 0.893 bits per heavy atom. The van der Waals surface area contributed by atoms with Crippen LogP contribution in [0.15, 0.2) is 54.6 Å². The molecular formula is C23H21NO4. The highest BCUT2D eigenvalue weighted by Crippen LogP contribution is 2.57. The van der Waals surface area contributed by atoms with E-state index in [0.717, 1.165) is 19.3 Å². The number of benzene rings is 2. The molecular weight excluding hydrogens is 354 g/mol. The molecule has 5 rings (SSSR count). The van der Waals surface area contributed by atoms with Crippen LogP contribution in [0.5, 0.6) is 5.75 Å². The minimum absolute atomic E-state index is 0.104. The molecule has 0 N–H and O–H groups in total. The normalized spacial score (nSPS) is 27.9. The van der Waals surface area contributed by atoms with Gasteiger partial charge < -0.3 is 4.74 Å². The van der Waals surface area contributed by atoms with E-state index in [9.17, 15) is 14.4 Å². The second kappa shape index (κ2) is 6.59. The molecule has 2 saturated carbocycles. The number of rotatable bonds is 5. The van der Waals surface area contributed by atoms with E-state index in [2.05, 4.69) is 0 Å². The molecule has 0 spiro atoms. The quantitative estimate of drug-likeness (QED) is 0.593. The molecule has 3 fully saturated rings.